The molecule has 202 valence electrons. The molecule has 0 saturated carbocycles. The van der Waals surface area contributed by atoms with Crippen molar-refractivity contribution in [2.24, 2.45) is 0 Å². The number of amides is 1. The lowest BCUT2D eigenvalue weighted by Crippen LogP contribution is -2.29. The molecule has 39 heavy (non-hydrogen) atoms. The number of carbonyl (C=O) groups is 3. The second kappa shape index (κ2) is 12.0. The highest BCUT2D eigenvalue weighted by Gasteiger charge is 2.48. The van der Waals surface area contributed by atoms with Crippen molar-refractivity contribution < 1.29 is 33.7 Å². The molecule has 1 aliphatic heterocycles. The van der Waals surface area contributed by atoms with Crippen LogP contribution in [0.1, 0.15) is 46.4 Å². The second-order valence-electron chi connectivity index (χ2n) is 8.43. The molecule has 2 aromatic carbocycles. The molecule has 1 aromatic heterocycles. The van der Waals surface area contributed by atoms with Crippen LogP contribution in [0.3, 0.4) is 0 Å². The van der Waals surface area contributed by atoms with Crippen LogP contribution in [0.2, 0.25) is 0 Å². The van der Waals surface area contributed by atoms with Gasteiger partial charge in [0.2, 0.25) is 0 Å². The number of ketones is 1. The minimum Gasteiger partial charge on any atom is -0.507 e. The molecule has 1 unspecified atom stereocenters. The average molecular weight is 549 g/mol. The first-order valence-electron chi connectivity index (χ1n) is 12.3. The number of hydrogen-bond donors (Lipinski definition) is 1. The van der Waals surface area contributed by atoms with E-state index < -0.39 is 23.7 Å². The topological polar surface area (TPSA) is 115 Å². The number of anilines is 1. The Morgan fingerprint density at radius 2 is 1.85 bits per heavy atom. The molecule has 1 saturated heterocycles. The number of aliphatic hydroxyl groups is 1. The Kier molecular flexibility index (Phi) is 8.46. The number of thiazole rings is 1. The maximum absolute atomic E-state index is 13.5. The van der Waals surface area contributed by atoms with Crippen molar-refractivity contribution in [2.45, 2.75) is 26.8 Å². The fourth-order valence-corrected chi connectivity index (χ4v) is 5.16. The van der Waals surface area contributed by atoms with E-state index in [-0.39, 0.29) is 27.9 Å². The summed E-state index contributed by atoms with van der Waals surface area (Å²) < 4.78 is 16.2. The van der Waals surface area contributed by atoms with Crippen LogP contribution >= 0.6 is 11.3 Å². The molecule has 1 N–H and O–H groups in total. The van der Waals surface area contributed by atoms with Crippen molar-refractivity contribution in [3.63, 3.8) is 0 Å². The van der Waals surface area contributed by atoms with Gasteiger partial charge in [-0.15, -0.1) is 0 Å². The van der Waals surface area contributed by atoms with E-state index in [0.29, 0.717) is 41.5 Å². The van der Waals surface area contributed by atoms with Crippen LogP contribution in [-0.4, -0.2) is 47.6 Å². The Labute approximate surface area is 230 Å². The van der Waals surface area contributed by atoms with E-state index >= 15 is 0 Å². The van der Waals surface area contributed by atoms with Gasteiger partial charge < -0.3 is 19.3 Å². The third-order valence-electron chi connectivity index (χ3n) is 5.88. The van der Waals surface area contributed by atoms with Gasteiger partial charge in [0.15, 0.2) is 5.13 Å². The number of carbonyl (C=O) groups excluding carboxylic acids is 3. The molecule has 1 atom stereocenters. The molecule has 0 aliphatic carbocycles. The standard InChI is InChI=1S/C29H28N2O7S/c1-5-15-38-20-13-11-18(12-14-20)23-22(24(32)19-9-8-10-21(16-19)36-6-2)25(33)27(34)31(23)29-30-17(4)26(39-29)28(35)37-7-3/h5,8-14,16,23,32H,1,6-7,15H2,2-4H3. The summed E-state index contributed by atoms with van der Waals surface area (Å²) in [6, 6.07) is 12.4. The molecule has 1 aliphatic rings. The Morgan fingerprint density at radius 3 is 2.51 bits per heavy atom. The number of benzene rings is 2. The van der Waals surface area contributed by atoms with Crippen LogP contribution in [0, 0.1) is 6.92 Å². The smallest absolute Gasteiger partial charge is 0.350 e. The fraction of sp³-hybridized carbons (Fsp3) is 0.241. The molecule has 10 heteroatoms. The predicted octanol–water partition coefficient (Wildman–Crippen LogP) is 5.22. The Bertz CT molecular complexity index is 1440. The maximum Gasteiger partial charge on any atom is 0.350 e. The summed E-state index contributed by atoms with van der Waals surface area (Å²) >= 11 is 0.949. The number of aliphatic hydroxyl groups excluding tert-OH is 1. The number of aryl methyl sites for hydroxylation is 1. The molecule has 3 aromatic rings. The molecular weight excluding hydrogens is 520 g/mol. The van der Waals surface area contributed by atoms with Crippen LogP contribution in [0.4, 0.5) is 5.13 Å². The Balaban J connectivity index is 1.87. The van der Waals surface area contributed by atoms with E-state index in [4.69, 9.17) is 14.2 Å². The van der Waals surface area contributed by atoms with Crippen molar-refractivity contribution in [1.29, 1.82) is 0 Å². The van der Waals surface area contributed by atoms with E-state index in [9.17, 15) is 19.5 Å². The van der Waals surface area contributed by atoms with Gasteiger partial charge in [0.25, 0.3) is 5.78 Å². The van der Waals surface area contributed by atoms with Gasteiger partial charge in [0, 0.05) is 5.56 Å². The van der Waals surface area contributed by atoms with E-state index in [2.05, 4.69) is 11.6 Å². The van der Waals surface area contributed by atoms with Crippen molar-refractivity contribution in [2.75, 3.05) is 24.7 Å². The summed E-state index contributed by atoms with van der Waals surface area (Å²) in [5.41, 5.74) is 1.11. The number of aromatic nitrogens is 1. The highest BCUT2D eigenvalue weighted by molar-refractivity contribution is 7.17. The number of ether oxygens (including phenoxy) is 3. The van der Waals surface area contributed by atoms with Gasteiger partial charge in [-0.1, -0.05) is 48.3 Å². The van der Waals surface area contributed by atoms with Gasteiger partial charge in [-0.2, -0.15) is 0 Å². The molecule has 1 amide bonds. The summed E-state index contributed by atoms with van der Waals surface area (Å²) in [6.07, 6.45) is 1.62. The highest BCUT2D eigenvalue weighted by atomic mass is 32.1. The summed E-state index contributed by atoms with van der Waals surface area (Å²) in [6.45, 7) is 9.69. The molecule has 0 radical (unpaired) electrons. The fourth-order valence-electron chi connectivity index (χ4n) is 4.17. The van der Waals surface area contributed by atoms with Crippen LogP contribution in [0.15, 0.2) is 66.8 Å². The van der Waals surface area contributed by atoms with E-state index in [1.165, 1.54) is 4.90 Å². The van der Waals surface area contributed by atoms with Gasteiger partial charge >= 0.3 is 11.9 Å². The molecule has 4 rings (SSSR count). The van der Waals surface area contributed by atoms with Gasteiger partial charge in [0.1, 0.15) is 28.7 Å². The minimum atomic E-state index is -1.02. The van der Waals surface area contributed by atoms with Gasteiger partial charge in [-0.05, 0) is 50.6 Å². The lowest BCUT2D eigenvalue weighted by atomic mass is 9.95. The zero-order valence-corrected chi connectivity index (χ0v) is 22.6. The first-order chi connectivity index (χ1) is 18.8. The number of esters is 1. The Hall–Kier alpha value is -4.44. The van der Waals surface area contributed by atoms with Crippen LogP contribution in [0.5, 0.6) is 11.5 Å². The van der Waals surface area contributed by atoms with Gasteiger partial charge in [-0.3, -0.25) is 14.5 Å². The first-order valence-corrected chi connectivity index (χ1v) is 13.1. The molecule has 0 spiro atoms. The van der Waals surface area contributed by atoms with Crippen LogP contribution in [-0.2, 0) is 14.3 Å². The van der Waals surface area contributed by atoms with E-state index in [1.54, 1.807) is 68.5 Å². The molecular formula is C29H28N2O7S. The lowest BCUT2D eigenvalue weighted by molar-refractivity contribution is -0.132. The van der Waals surface area contributed by atoms with E-state index in [1.807, 2.05) is 6.92 Å². The molecule has 0 bridgehead atoms. The Morgan fingerprint density at radius 1 is 1.10 bits per heavy atom. The number of hydrogen-bond acceptors (Lipinski definition) is 9. The normalized spacial score (nSPS) is 16.3. The zero-order valence-electron chi connectivity index (χ0n) is 21.8. The number of Topliss-reactive ketones (excluding diaryl/α,β-unsaturated/α-hetero) is 1. The second-order valence-corrected chi connectivity index (χ2v) is 9.41. The third kappa shape index (κ3) is 5.56. The van der Waals surface area contributed by atoms with Crippen LogP contribution in [0.25, 0.3) is 5.76 Å². The summed E-state index contributed by atoms with van der Waals surface area (Å²) in [5, 5.41) is 11.5. The largest absolute Gasteiger partial charge is 0.507 e. The zero-order chi connectivity index (χ0) is 28.1. The quantitative estimate of drug-likeness (QED) is 0.121. The lowest BCUT2D eigenvalue weighted by Gasteiger charge is -2.23. The van der Waals surface area contributed by atoms with Crippen molar-refractivity contribution in [3.8, 4) is 11.5 Å². The highest BCUT2D eigenvalue weighted by Crippen LogP contribution is 2.44. The molecule has 1 fully saturated rings. The molecule has 2 heterocycles. The number of rotatable bonds is 10. The monoisotopic (exact) mass is 548 g/mol. The summed E-state index contributed by atoms with van der Waals surface area (Å²) in [5.74, 6) is -1.60. The SMILES string of the molecule is C=CCOc1ccc(C2C(=C(O)c3cccc(OCC)c3)C(=O)C(=O)N2c2nc(C)c(C(=O)OCC)s2)cc1. The van der Waals surface area contributed by atoms with Crippen LogP contribution < -0.4 is 14.4 Å². The summed E-state index contributed by atoms with van der Waals surface area (Å²) in [7, 11) is 0. The average Bonchev–Trinajstić information content (AvgIpc) is 3.44. The van der Waals surface area contributed by atoms with Crippen molar-refractivity contribution >= 4 is 39.9 Å². The van der Waals surface area contributed by atoms with Crippen molar-refractivity contribution in [1.82, 2.24) is 4.98 Å². The maximum atomic E-state index is 13.5. The van der Waals surface area contributed by atoms with Crippen molar-refractivity contribution in [3.05, 3.63) is 88.5 Å². The summed E-state index contributed by atoms with van der Waals surface area (Å²) in [4.78, 5) is 45.2. The predicted molar refractivity (Wildman–Crippen MR) is 147 cm³/mol. The first kappa shape index (κ1) is 27.6. The van der Waals surface area contributed by atoms with Gasteiger partial charge in [-0.25, -0.2) is 9.78 Å². The number of nitrogens with zero attached hydrogens (tertiary/aromatic N) is 2. The van der Waals surface area contributed by atoms with Gasteiger partial charge in [0.05, 0.1) is 30.5 Å². The minimum absolute atomic E-state index is 0.112. The van der Waals surface area contributed by atoms with E-state index in [0.717, 1.165) is 11.3 Å². The third-order valence-corrected chi connectivity index (χ3v) is 7.02. The molecule has 9 nitrogen and oxygen atoms in total.